The van der Waals surface area contributed by atoms with Crippen molar-refractivity contribution in [3.63, 3.8) is 0 Å². The topological polar surface area (TPSA) is 83.3 Å². The van der Waals surface area contributed by atoms with E-state index in [1.807, 2.05) is 0 Å². The highest BCUT2D eigenvalue weighted by Gasteiger charge is 2.22. The molecule has 8 heteroatoms. The highest BCUT2D eigenvalue weighted by atomic mass is 79.9. The fraction of sp³-hybridized carbons (Fsp3) is 0.600. The fourth-order valence-corrected chi connectivity index (χ4v) is 3.22. The van der Waals surface area contributed by atoms with E-state index in [0.29, 0.717) is 11.9 Å². The van der Waals surface area contributed by atoms with Crippen LogP contribution in [0.15, 0.2) is 22.4 Å². The maximum Gasteiger partial charge on any atom is 0.246 e. The number of allylic oxidation sites excluding steroid dienone is 4. The lowest BCUT2D eigenvalue weighted by atomic mass is 10.1. The van der Waals surface area contributed by atoms with Crippen molar-refractivity contribution in [2.24, 2.45) is 0 Å². The number of ether oxygens (including phenoxy) is 1. The standard InChI is InChI=1S/C15H23BrN6O/c1-11(23-13-4-2-12(16)3-5-13)10-21-6-8-22(9-7-21)15-18-14(17)19-20-15/h2,4,11H,3,5-10H2,1H3,(H3,17,18,19,20). The molecule has 23 heavy (non-hydrogen) atoms. The van der Waals surface area contributed by atoms with E-state index in [1.165, 1.54) is 4.48 Å². The lowest BCUT2D eigenvalue weighted by Gasteiger charge is -2.35. The van der Waals surface area contributed by atoms with Crippen LogP contribution in [0.1, 0.15) is 19.8 Å². The molecule has 2 aliphatic rings. The van der Waals surface area contributed by atoms with Gasteiger partial charge in [0.1, 0.15) is 6.10 Å². The predicted octanol–water partition coefficient (Wildman–Crippen LogP) is 1.87. The van der Waals surface area contributed by atoms with Gasteiger partial charge in [-0.2, -0.15) is 4.98 Å². The van der Waals surface area contributed by atoms with E-state index in [1.54, 1.807) is 0 Å². The van der Waals surface area contributed by atoms with Gasteiger partial charge in [-0.05, 0) is 30.0 Å². The Morgan fingerprint density at radius 1 is 1.30 bits per heavy atom. The molecule has 3 N–H and O–H groups in total. The Hall–Kier alpha value is -1.54. The van der Waals surface area contributed by atoms with Crippen molar-refractivity contribution in [3.8, 4) is 0 Å². The van der Waals surface area contributed by atoms with Gasteiger partial charge in [-0.1, -0.05) is 15.9 Å². The Kier molecular flexibility index (Phi) is 5.22. The van der Waals surface area contributed by atoms with Gasteiger partial charge in [0.05, 0.1) is 5.76 Å². The third-order valence-corrected chi connectivity index (χ3v) is 4.74. The number of H-pyrrole nitrogens is 1. The van der Waals surface area contributed by atoms with Gasteiger partial charge in [-0.3, -0.25) is 4.90 Å². The largest absolute Gasteiger partial charge is 0.494 e. The first-order valence-electron chi connectivity index (χ1n) is 7.97. The molecule has 0 saturated carbocycles. The summed E-state index contributed by atoms with van der Waals surface area (Å²) >= 11 is 3.52. The van der Waals surface area contributed by atoms with Crippen molar-refractivity contribution < 1.29 is 4.74 Å². The van der Waals surface area contributed by atoms with Crippen LogP contribution in [0.5, 0.6) is 0 Å². The molecule has 1 aromatic heterocycles. The first kappa shape index (κ1) is 16.3. The minimum atomic E-state index is 0.192. The molecule has 0 aromatic carbocycles. The fourth-order valence-electron chi connectivity index (χ4n) is 2.89. The van der Waals surface area contributed by atoms with E-state index in [-0.39, 0.29) is 6.10 Å². The first-order chi connectivity index (χ1) is 11.1. The number of halogens is 1. The van der Waals surface area contributed by atoms with Crippen LogP contribution in [0.2, 0.25) is 0 Å². The number of nitrogens with two attached hydrogens (primary N) is 1. The average Bonchev–Trinajstić information content (AvgIpc) is 2.97. The third-order valence-electron chi connectivity index (χ3n) is 4.07. The number of hydrogen-bond donors (Lipinski definition) is 2. The van der Waals surface area contributed by atoms with Crippen LogP contribution in [0.3, 0.4) is 0 Å². The molecule has 0 spiro atoms. The molecule has 1 aliphatic heterocycles. The predicted molar refractivity (Wildman–Crippen MR) is 94.3 cm³/mol. The van der Waals surface area contributed by atoms with E-state index >= 15 is 0 Å². The first-order valence-corrected chi connectivity index (χ1v) is 8.76. The van der Waals surface area contributed by atoms with E-state index in [9.17, 15) is 0 Å². The zero-order valence-corrected chi connectivity index (χ0v) is 14.9. The number of hydrogen-bond acceptors (Lipinski definition) is 6. The number of piperazine rings is 1. The molecule has 1 aliphatic carbocycles. The zero-order valence-electron chi connectivity index (χ0n) is 13.3. The summed E-state index contributed by atoms with van der Waals surface area (Å²) in [5, 5.41) is 6.80. The van der Waals surface area contributed by atoms with Crippen LogP contribution < -0.4 is 10.6 Å². The van der Waals surface area contributed by atoms with Gasteiger partial charge in [-0.25, -0.2) is 5.10 Å². The van der Waals surface area contributed by atoms with Gasteiger partial charge in [0.2, 0.25) is 11.9 Å². The summed E-state index contributed by atoms with van der Waals surface area (Å²) in [6.07, 6.45) is 6.33. The number of aromatic amines is 1. The molecule has 1 fully saturated rings. The molecule has 7 nitrogen and oxygen atoms in total. The minimum absolute atomic E-state index is 0.192. The number of nitrogen functional groups attached to an aromatic ring is 1. The second-order valence-electron chi connectivity index (χ2n) is 5.98. The second-order valence-corrected chi connectivity index (χ2v) is 7.00. The molecular formula is C15H23BrN6O. The number of anilines is 2. The molecule has 1 aromatic rings. The molecule has 0 amide bonds. The van der Waals surface area contributed by atoms with Gasteiger partial charge in [0.25, 0.3) is 0 Å². The van der Waals surface area contributed by atoms with Crippen LogP contribution in [0, 0.1) is 0 Å². The molecular weight excluding hydrogens is 360 g/mol. The lowest BCUT2D eigenvalue weighted by molar-refractivity contribution is 0.0798. The Bertz CT molecular complexity index is 591. The summed E-state index contributed by atoms with van der Waals surface area (Å²) in [5.41, 5.74) is 5.58. The van der Waals surface area contributed by atoms with Crippen LogP contribution in [-0.2, 0) is 4.74 Å². The molecule has 0 radical (unpaired) electrons. The van der Waals surface area contributed by atoms with E-state index in [0.717, 1.165) is 51.3 Å². The molecule has 2 heterocycles. The summed E-state index contributed by atoms with van der Waals surface area (Å²) in [7, 11) is 0. The maximum absolute atomic E-state index is 6.05. The van der Waals surface area contributed by atoms with Crippen molar-refractivity contribution >= 4 is 27.8 Å². The second kappa shape index (κ2) is 7.35. The third kappa shape index (κ3) is 4.48. The Balaban J connectivity index is 1.43. The van der Waals surface area contributed by atoms with Crippen molar-refractivity contribution in [1.82, 2.24) is 20.1 Å². The summed E-state index contributed by atoms with van der Waals surface area (Å²) in [5.74, 6) is 2.14. The maximum atomic E-state index is 6.05. The van der Waals surface area contributed by atoms with E-state index in [2.05, 4.69) is 60.0 Å². The summed E-state index contributed by atoms with van der Waals surface area (Å²) < 4.78 is 7.29. The SMILES string of the molecule is CC(CN1CCN(c2n[nH]c(N)n2)CC1)OC1=CC=C(Br)CC1. The van der Waals surface area contributed by atoms with Gasteiger partial charge in [0.15, 0.2) is 0 Å². The quantitative estimate of drug-likeness (QED) is 0.808. The van der Waals surface area contributed by atoms with Crippen LogP contribution in [0.4, 0.5) is 11.9 Å². The van der Waals surface area contributed by atoms with Crippen LogP contribution >= 0.6 is 15.9 Å². The highest BCUT2D eigenvalue weighted by Crippen LogP contribution is 2.24. The minimum Gasteiger partial charge on any atom is -0.494 e. The summed E-state index contributed by atoms with van der Waals surface area (Å²) in [6, 6.07) is 0. The number of nitrogens with zero attached hydrogens (tertiary/aromatic N) is 4. The van der Waals surface area contributed by atoms with Crippen molar-refractivity contribution in [2.45, 2.75) is 25.9 Å². The summed E-state index contributed by atoms with van der Waals surface area (Å²) in [4.78, 5) is 8.76. The van der Waals surface area contributed by atoms with E-state index < -0.39 is 0 Å². The smallest absolute Gasteiger partial charge is 0.246 e. The zero-order chi connectivity index (χ0) is 16.2. The van der Waals surface area contributed by atoms with Gasteiger partial charge in [-0.15, -0.1) is 5.10 Å². The van der Waals surface area contributed by atoms with Gasteiger partial charge >= 0.3 is 0 Å². The molecule has 1 unspecified atom stereocenters. The van der Waals surface area contributed by atoms with Crippen LogP contribution in [0.25, 0.3) is 0 Å². The van der Waals surface area contributed by atoms with E-state index in [4.69, 9.17) is 10.5 Å². The molecule has 0 bridgehead atoms. The Labute approximate surface area is 144 Å². The van der Waals surface area contributed by atoms with Crippen molar-refractivity contribution in [3.05, 3.63) is 22.4 Å². The molecule has 3 rings (SSSR count). The molecule has 126 valence electrons. The van der Waals surface area contributed by atoms with Crippen molar-refractivity contribution in [1.29, 1.82) is 0 Å². The van der Waals surface area contributed by atoms with Gasteiger partial charge < -0.3 is 15.4 Å². The Morgan fingerprint density at radius 2 is 2.09 bits per heavy atom. The lowest BCUT2D eigenvalue weighted by Crippen LogP contribution is -2.48. The number of aromatic nitrogens is 3. The monoisotopic (exact) mass is 382 g/mol. The normalized spacial score (nSPS) is 20.9. The Morgan fingerprint density at radius 3 is 2.70 bits per heavy atom. The average molecular weight is 383 g/mol. The van der Waals surface area contributed by atoms with Gasteiger partial charge in [0, 0.05) is 39.1 Å². The number of rotatable bonds is 5. The van der Waals surface area contributed by atoms with Crippen LogP contribution in [-0.4, -0.2) is 58.9 Å². The highest BCUT2D eigenvalue weighted by molar-refractivity contribution is 9.11. The number of nitrogens with one attached hydrogen (secondary N) is 1. The summed E-state index contributed by atoms with van der Waals surface area (Å²) in [6.45, 7) is 6.84. The molecule has 1 saturated heterocycles. The molecule has 1 atom stereocenters. The van der Waals surface area contributed by atoms with Crippen molar-refractivity contribution in [2.75, 3.05) is 43.4 Å².